The molecule has 188 valence electrons. The number of benzene rings is 1. The molecule has 3 atom stereocenters. The third kappa shape index (κ3) is 5.78. The number of ketones is 1. The third-order valence-corrected chi connectivity index (χ3v) is 8.14. The highest BCUT2D eigenvalue weighted by molar-refractivity contribution is 7.10. The molecule has 1 aliphatic heterocycles. The van der Waals surface area contributed by atoms with Crippen molar-refractivity contribution in [1.82, 2.24) is 20.5 Å². The molecule has 0 spiro atoms. The molecule has 1 saturated heterocycles. The lowest BCUT2D eigenvalue weighted by molar-refractivity contribution is -0.139. The predicted octanol–water partition coefficient (Wildman–Crippen LogP) is 3.85. The van der Waals surface area contributed by atoms with Crippen LogP contribution >= 0.6 is 11.3 Å². The average molecular weight is 501 g/mol. The van der Waals surface area contributed by atoms with Crippen LogP contribution in [0.25, 0.3) is 0 Å². The van der Waals surface area contributed by atoms with Crippen molar-refractivity contribution in [3.63, 3.8) is 0 Å². The van der Waals surface area contributed by atoms with E-state index in [1.807, 2.05) is 4.90 Å². The van der Waals surface area contributed by atoms with E-state index in [0.29, 0.717) is 17.8 Å². The van der Waals surface area contributed by atoms with Gasteiger partial charge in [0.25, 0.3) is 0 Å². The zero-order valence-corrected chi connectivity index (χ0v) is 21.1. The van der Waals surface area contributed by atoms with Gasteiger partial charge < -0.3 is 15.5 Å². The Morgan fingerprint density at radius 3 is 2.49 bits per heavy atom. The van der Waals surface area contributed by atoms with Gasteiger partial charge in [-0.15, -0.1) is 11.3 Å². The van der Waals surface area contributed by atoms with E-state index in [9.17, 15) is 18.8 Å². The van der Waals surface area contributed by atoms with Crippen molar-refractivity contribution >= 4 is 28.9 Å². The van der Waals surface area contributed by atoms with E-state index in [1.165, 1.54) is 35.6 Å². The number of likely N-dealkylation sites (tertiary alicyclic amines) is 1. The number of likely N-dealkylation sites (N-methyl/N-ethyl adjacent to an activating group) is 1. The predicted molar refractivity (Wildman–Crippen MR) is 133 cm³/mol. The van der Waals surface area contributed by atoms with Crippen LogP contribution in [0.3, 0.4) is 0 Å². The van der Waals surface area contributed by atoms with Crippen LogP contribution in [0.15, 0.2) is 29.6 Å². The van der Waals surface area contributed by atoms with Crippen molar-refractivity contribution in [2.75, 3.05) is 13.6 Å². The Morgan fingerprint density at radius 2 is 1.80 bits per heavy atom. The molecule has 1 aromatic carbocycles. The second-order valence-electron chi connectivity index (χ2n) is 9.49. The number of hydrogen-bond donors (Lipinski definition) is 2. The number of amides is 2. The summed E-state index contributed by atoms with van der Waals surface area (Å²) in [5, 5.41) is 8.42. The van der Waals surface area contributed by atoms with Gasteiger partial charge in [-0.25, -0.2) is 9.37 Å². The van der Waals surface area contributed by atoms with Crippen molar-refractivity contribution in [2.24, 2.45) is 5.92 Å². The SMILES string of the molecule is CN[C@H](C)C(=O)N[C@H](C(=O)N1CCC[C@H]1c1nc(C(=O)c2ccc(F)cc2)cs1)C1CCCCC1. The fraction of sp³-hybridized carbons (Fsp3) is 0.538. The lowest BCUT2D eigenvalue weighted by Crippen LogP contribution is -2.55. The Labute approximate surface area is 209 Å². The molecule has 9 heteroatoms. The molecule has 2 aromatic rings. The molecule has 4 rings (SSSR count). The van der Waals surface area contributed by atoms with Crippen LogP contribution in [0.1, 0.15) is 79.0 Å². The molecule has 1 aliphatic carbocycles. The monoisotopic (exact) mass is 500 g/mol. The minimum Gasteiger partial charge on any atom is -0.343 e. The lowest BCUT2D eigenvalue weighted by Gasteiger charge is -2.35. The molecule has 2 N–H and O–H groups in total. The van der Waals surface area contributed by atoms with Gasteiger partial charge in [0.2, 0.25) is 17.6 Å². The number of thiazole rings is 1. The Morgan fingerprint density at radius 1 is 1.09 bits per heavy atom. The van der Waals surface area contributed by atoms with E-state index in [-0.39, 0.29) is 35.6 Å². The van der Waals surface area contributed by atoms with Gasteiger partial charge in [0, 0.05) is 17.5 Å². The highest BCUT2D eigenvalue weighted by atomic mass is 32.1. The van der Waals surface area contributed by atoms with E-state index in [0.717, 1.165) is 50.0 Å². The number of aromatic nitrogens is 1. The molecule has 2 amide bonds. The van der Waals surface area contributed by atoms with Crippen LogP contribution in [0.4, 0.5) is 4.39 Å². The van der Waals surface area contributed by atoms with E-state index in [2.05, 4.69) is 15.6 Å². The van der Waals surface area contributed by atoms with E-state index < -0.39 is 11.9 Å². The van der Waals surface area contributed by atoms with Crippen LogP contribution in [-0.2, 0) is 9.59 Å². The highest BCUT2D eigenvalue weighted by Gasteiger charge is 2.40. The minimum atomic E-state index is -0.556. The number of halogens is 1. The lowest BCUT2D eigenvalue weighted by atomic mass is 9.83. The van der Waals surface area contributed by atoms with Gasteiger partial charge >= 0.3 is 0 Å². The molecule has 7 nitrogen and oxygen atoms in total. The Balaban J connectivity index is 1.53. The van der Waals surface area contributed by atoms with E-state index in [1.54, 1.807) is 19.4 Å². The molecule has 35 heavy (non-hydrogen) atoms. The normalized spacial score (nSPS) is 20.4. The molecule has 2 fully saturated rings. The molecule has 2 heterocycles. The summed E-state index contributed by atoms with van der Waals surface area (Å²) in [5.41, 5.74) is 0.678. The fourth-order valence-corrected chi connectivity index (χ4v) is 5.96. The first kappa shape index (κ1) is 25.4. The van der Waals surface area contributed by atoms with Crippen molar-refractivity contribution in [2.45, 2.75) is 70.0 Å². The second kappa shape index (κ2) is 11.4. The average Bonchev–Trinajstić information content (AvgIpc) is 3.56. The molecule has 0 bridgehead atoms. The highest BCUT2D eigenvalue weighted by Crippen LogP contribution is 2.36. The largest absolute Gasteiger partial charge is 0.343 e. The maximum atomic E-state index is 13.8. The summed E-state index contributed by atoms with van der Waals surface area (Å²) in [6.07, 6.45) is 6.76. The van der Waals surface area contributed by atoms with Crippen molar-refractivity contribution < 1.29 is 18.8 Å². The van der Waals surface area contributed by atoms with Gasteiger partial charge in [-0.1, -0.05) is 19.3 Å². The maximum Gasteiger partial charge on any atom is 0.246 e. The molecule has 0 unspecified atom stereocenters. The maximum absolute atomic E-state index is 13.8. The van der Waals surface area contributed by atoms with E-state index >= 15 is 0 Å². The van der Waals surface area contributed by atoms with Crippen molar-refractivity contribution in [1.29, 1.82) is 0 Å². The summed E-state index contributed by atoms with van der Waals surface area (Å²) in [7, 11) is 1.73. The Hall–Kier alpha value is -2.65. The van der Waals surface area contributed by atoms with Gasteiger partial charge in [0.15, 0.2) is 0 Å². The summed E-state index contributed by atoms with van der Waals surface area (Å²) in [5.74, 6) is -0.773. The zero-order chi connectivity index (χ0) is 24.9. The van der Waals surface area contributed by atoms with Crippen LogP contribution in [0.5, 0.6) is 0 Å². The van der Waals surface area contributed by atoms with Gasteiger partial charge in [0.05, 0.1) is 12.1 Å². The fourth-order valence-electron chi connectivity index (χ4n) is 5.02. The number of carbonyl (C=O) groups excluding carboxylic acids is 3. The smallest absolute Gasteiger partial charge is 0.246 e. The van der Waals surface area contributed by atoms with Crippen LogP contribution in [-0.4, -0.2) is 53.2 Å². The summed E-state index contributed by atoms with van der Waals surface area (Å²) in [6, 6.07) is 4.25. The first-order chi connectivity index (χ1) is 16.9. The van der Waals surface area contributed by atoms with Crippen LogP contribution < -0.4 is 10.6 Å². The van der Waals surface area contributed by atoms with Crippen molar-refractivity contribution in [3.05, 3.63) is 51.7 Å². The molecule has 1 aromatic heterocycles. The number of nitrogens with zero attached hydrogens (tertiary/aromatic N) is 2. The van der Waals surface area contributed by atoms with Gasteiger partial charge in [-0.05, 0) is 69.8 Å². The van der Waals surface area contributed by atoms with Gasteiger partial charge in [-0.3, -0.25) is 14.4 Å². The first-order valence-corrected chi connectivity index (χ1v) is 13.3. The molecule has 0 radical (unpaired) electrons. The summed E-state index contributed by atoms with van der Waals surface area (Å²) < 4.78 is 13.2. The number of hydrogen-bond acceptors (Lipinski definition) is 6. The standard InChI is InChI=1S/C26H33FN4O3S/c1-16(28-2)24(33)30-22(17-7-4-3-5-8-17)26(34)31-14-6-9-21(31)25-29-20(15-35-25)23(32)18-10-12-19(27)13-11-18/h10-13,15-17,21-22,28H,3-9,14H2,1-2H3,(H,30,33)/t16-,21+,22+/m1/s1. The molecule has 2 aliphatic rings. The summed E-state index contributed by atoms with van der Waals surface area (Å²) >= 11 is 1.37. The van der Waals surface area contributed by atoms with Gasteiger partial charge in [-0.2, -0.15) is 0 Å². The minimum absolute atomic E-state index is 0.0577. The first-order valence-electron chi connectivity index (χ1n) is 12.4. The Kier molecular flexibility index (Phi) is 8.28. The third-order valence-electron chi connectivity index (χ3n) is 7.19. The second-order valence-corrected chi connectivity index (χ2v) is 10.4. The summed E-state index contributed by atoms with van der Waals surface area (Å²) in [4.78, 5) is 45.8. The molecular weight excluding hydrogens is 467 g/mol. The quantitative estimate of drug-likeness (QED) is 0.538. The molecule has 1 saturated carbocycles. The van der Waals surface area contributed by atoms with Crippen LogP contribution in [0, 0.1) is 11.7 Å². The Bertz CT molecular complexity index is 1050. The topological polar surface area (TPSA) is 91.4 Å². The zero-order valence-electron chi connectivity index (χ0n) is 20.3. The van der Waals surface area contributed by atoms with Crippen LogP contribution in [0.2, 0.25) is 0 Å². The number of rotatable bonds is 8. The van der Waals surface area contributed by atoms with Crippen molar-refractivity contribution in [3.8, 4) is 0 Å². The summed E-state index contributed by atoms with van der Waals surface area (Å²) in [6.45, 7) is 2.39. The van der Waals surface area contributed by atoms with Gasteiger partial charge in [0.1, 0.15) is 22.6 Å². The number of carbonyl (C=O) groups is 3. The number of nitrogens with one attached hydrogen (secondary N) is 2. The molecular formula is C26H33FN4O3S. The van der Waals surface area contributed by atoms with E-state index in [4.69, 9.17) is 0 Å².